The number of carbonyl (C=O) groups excluding carboxylic acids is 1. The second-order valence-electron chi connectivity index (χ2n) is 4.91. The summed E-state index contributed by atoms with van der Waals surface area (Å²) in [7, 11) is -4.00. The van der Waals surface area contributed by atoms with Gasteiger partial charge in [-0.1, -0.05) is 86.5 Å². The zero-order valence-electron chi connectivity index (χ0n) is 14.9. The maximum atomic E-state index is 10.3. The quantitative estimate of drug-likeness (QED) is 0.596. The average molecular weight is 385 g/mol. The van der Waals surface area contributed by atoms with Gasteiger partial charge in [0, 0.05) is 0 Å². The van der Waals surface area contributed by atoms with Crippen molar-refractivity contribution in [1.29, 1.82) is 0 Å². The number of carbonyl (C=O) groups is 1. The van der Waals surface area contributed by atoms with Crippen molar-refractivity contribution in [2.75, 3.05) is 0 Å². The lowest BCUT2D eigenvalue weighted by Gasteiger charge is -1.92. The van der Waals surface area contributed by atoms with E-state index in [1.807, 2.05) is 42.5 Å². The van der Waals surface area contributed by atoms with E-state index >= 15 is 0 Å². The van der Waals surface area contributed by atoms with E-state index in [-0.39, 0.29) is 0 Å². The molecule has 0 saturated carbocycles. The van der Waals surface area contributed by atoms with Crippen molar-refractivity contribution in [1.82, 2.24) is 0 Å². The van der Waals surface area contributed by atoms with Crippen LogP contribution < -0.4 is 5.73 Å². The van der Waals surface area contributed by atoms with Gasteiger partial charge in [0.25, 0.3) is 10.1 Å². The van der Waals surface area contributed by atoms with Gasteiger partial charge in [0.1, 0.15) is 0 Å². The van der Waals surface area contributed by atoms with Crippen LogP contribution >= 0.6 is 0 Å². The number of primary amides is 1. The Hall–Kier alpha value is -3.22. The highest BCUT2D eigenvalue weighted by atomic mass is 32.2. The normalized spacial score (nSPS) is 9.81. The third-order valence-electron chi connectivity index (χ3n) is 2.84. The van der Waals surface area contributed by atoms with Crippen LogP contribution in [0, 0.1) is 0 Å². The number of hydrogen-bond donors (Lipinski definition) is 2. The van der Waals surface area contributed by atoms with Gasteiger partial charge >= 0.3 is 0 Å². The Labute approximate surface area is 160 Å². The molecule has 0 radical (unpaired) electrons. The lowest BCUT2D eigenvalue weighted by molar-refractivity contribution is -0.113. The van der Waals surface area contributed by atoms with Crippen molar-refractivity contribution in [2.24, 2.45) is 5.73 Å². The number of nitrogens with two attached hydrogens (primary N) is 1. The molecule has 2 aromatic carbocycles. The first-order chi connectivity index (χ1) is 12.7. The van der Waals surface area contributed by atoms with E-state index in [4.69, 9.17) is 4.55 Å². The van der Waals surface area contributed by atoms with Gasteiger partial charge in [0.2, 0.25) is 5.91 Å². The zero-order chi connectivity index (χ0) is 20.7. The van der Waals surface area contributed by atoms with Crippen LogP contribution in [0.25, 0.3) is 18.2 Å². The maximum Gasteiger partial charge on any atom is 0.287 e. The summed E-state index contributed by atoms with van der Waals surface area (Å²) in [5.41, 5.74) is 7.55. The summed E-state index contributed by atoms with van der Waals surface area (Å²) in [6.07, 6.45) is 6.04. The monoisotopic (exact) mass is 385 g/mol. The van der Waals surface area contributed by atoms with Crippen LogP contribution in [0.2, 0.25) is 0 Å². The molecule has 0 aliphatic heterocycles. The highest BCUT2D eigenvalue weighted by Crippen LogP contribution is 2.05. The Kier molecular flexibility index (Phi) is 11.5. The van der Waals surface area contributed by atoms with Gasteiger partial charge in [0.05, 0.1) is 5.41 Å². The Bertz CT molecular complexity index is 841. The average Bonchev–Trinajstić information content (AvgIpc) is 2.67. The number of benzene rings is 2. The van der Waals surface area contributed by atoms with Gasteiger partial charge < -0.3 is 5.73 Å². The summed E-state index contributed by atoms with van der Waals surface area (Å²) < 4.78 is 28.9. The molecule has 1 amide bonds. The van der Waals surface area contributed by atoms with Crippen molar-refractivity contribution >= 4 is 34.3 Å². The molecule has 0 aliphatic rings. The van der Waals surface area contributed by atoms with Crippen LogP contribution in [0.3, 0.4) is 0 Å². The van der Waals surface area contributed by atoms with Gasteiger partial charge in [-0.3, -0.25) is 9.35 Å². The SMILES string of the molecule is C=CC(N)=O.C=Cc1ccc(C=C)cc1.O=S(=O)(O)C=Cc1ccccc1. The summed E-state index contributed by atoms with van der Waals surface area (Å²) in [6, 6.07) is 16.9. The minimum atomic E-state index is -4.00. The Morgan fingerprint density at radius 1 is 0.852 bits per heavy atom. The molecule has 0 unspecified atom stereocenters. The lowest BCUT2D eigenvalue weighted by Crippen LogP contribution is -2.04. The van der Waals surface area contributed by atoms with Crippen LogP contribution in [-0.2, 0) is 14.9 Å². The summed E-state index contributed by atoms with van der Waals surface area (Å²) in [5.74, 6) is -0.481. The minimum absolute atomic E-state index is 0.481. The first-order valence-electron chi connectivity index (χ1n) is 7.69. The van der Waals surface area contributed by atoms with Gasteiger partial charge in [-0.05, 0) is 28.8 Å². The molecule has 0 fully saturated rings. The van der Waals surface area contributed by atoms with Crippen LogP contribution in [0.5, 0.6) is 0 Å². The largest absolute Gasteiger partial charge is 0.366 e. The standard InChI is InChI=1S/C10H10.C8H8O3S.C3H5NO/c1-3-9-5-7-10(4-2)8-6-9;9-12(10,11)7-6-8-4-2-1-3-5-8;1-2-3(4)5/h3-8H,1-2H2;1-7H,(H,9,10,11);2H,1H2,(H2,4,5). The number of amides is 1. The summed E-state index contributed by atoms with van der Waals surface area (Å²) in [4.78, 5) is 9.47. The molecule has 0 atom stereocenters. The molecular formula is C21H23NO4S. The van der Waals surface area contributed by atoms with E-state index in [0.717, 1.165) is 28.2 Å². The second-order valence-corrected chi connectivity index (χ2v) is 6.21. The molecular weight excluding hydrogens is 362 g/mol. The molecule has 0 aliphatic carbocycles. The first kappa shape index (κ1) is 23.8. The minimum Gasteiger partial charge on any atom is -0.366 e. The Morgan fingerprint density at radius 2 is 1.26 bits per heavy atom. The summed E-state index contributed by atoms with van der Waals surface area (Å²) in [5, 5.41) is 0.752. The fourth-order valence-corrected chi connectivity index (χ4v) is 1.83. The van der Waals surface area contributed by atoms with E-state index < -0.39 is 16.0 Å². The molecule has 5 nitrogen and oxygen atoms in total. The molecule has 27 heavy (non-hydrogen) atoms. The molecule has 2 rings (SSSR count). The zero-order valence-corrected chi connectivity index (χ0v) is 15.7. The van der Waals surface area contributed by atoms with Crippen LogP contribution in [0.15, 0.2) is 85.8 Å². The first-order valence-corrected chi connectivity index (χ1v) is 9.19. The highest BCUT2D eigenvalue weighted by Gasteiger charge is 1.94. The van der Waals surface area contributed by atoms with Crippen molar-refractivity contribution in [3.63, 3.8) is 0 Å². The van der Waals surface area contributed by atoms with E-state index in [9.17, 15) is 13.2 Å². The maximum absolute atomic E-state index is 10.3. The van der Waals surface area contributed by atoms with Gasteiger partial charge in [-0.2, -0.15) is 8.42 Å². The molecule has 0 aromatic heterocycles. The summed E-state index contributed by atoms with van der Waals surface area (Å²) in [6.45, 7) is 10.4. The molecule has 3 N–H and O–H groups in total. The van der Waals surface area contributed by atoms with Gasteiger partial charge in [-0.15, -0.1) is 0 Å². The highest BCUT2D eigenvalue weighted by molar-refractivity contribution is 7.88. The molecule has 0 heterocycles. The lowest BCUT2D eigenvalue weighted by atomic mass is 10.1. The van der Waals surface area contributed by atoms with E-state index in [1.54, 1.807) is 24.3 Å². The Balaban J connectivity index is 0.000000408. The van der Waals surface area contributed by atoms with E-state index in [2.05, 4.69) is 25.5 Å². The van der Waals surface area contributed by atoms with Gasteiger partial charge in [-0.25, -0.2) is 0 Å². The predicted molar refractivity (Wildman–Crippen MR) is 113 cm³/mol. The summed E-state index contributed by atoms with van der Waals surface area (Å²) >= 11 is 0. The van der Waals surface area contributed by atoms with Crippen molar-refractivity contribution < 1.29 is 17.8 Å². The molecule has 2 aromatic rings. The number of hydrogen-bond acceptors (Lipinski definition) is 3. The topological polar surface area (TPSA) is 97.5 Å². The third-order valence-corrected chi connectivity index (χ3v) is 3.32. The Morgan fingerprint density at radius 3 is 1.56 bits per heavy atom. The fourth-order valence-electron chi connectivity index (χ4n) is 1.50. The molecule has 0 saturated heterocycles. The molecule has 0 spiro atoms. The fraction of sp³-hybridized carbons (Fsp3) is 0. The molecule has 6 heteroatoms. The van der Waals surface area contributed by atoms with Crippen molar-refractivity contribution in [3.8, 4) is 0 Å². The molecule has 142 valence electrons. The van der Waals surface area contributed by atoms with Crippen molar-refractivity contribution in [3.05, 3.63) is 103 Å². The predicted octanol–water partition coefficient (Wildman–Crippen LogP) is 4.18. The smallest absolute Gasteiger partial charge is 0.287 e. The third kappa shape index (κ3) is 13.7. The van der Waals surface area contributed by atoms with Crippen LogP contribution in [0.1, 0.15) is 16.7 Å². The number of rotatable bonds is 5. The van der Waals surface area contributed by atoms with E-state index in [0.29, 0.717) is 0 Å². The second kappa shape index (κ2) is 13.0. The van der Waals surface area contributed by atoms with Gasteiger partial charge in [0.15, 0.2) is 0 Å². The van der Waals surface area contributed by atoms with Crippen LogP contribution in [0.4, 0.5) is 0 Å². The van der Waals surface area contributed by atoms with E-state index in [1.165, 1.54) is 6.08 Å². The van der Waals surface area contributed by atoms with Crippen LogP contribution in [-0.4, -0.2) is 18.9 Å². The van der Waals surface area contributed by atoms with Crippen molar-refractivity contribution in [2.45, 2.75) is 0 Å². The molecule has 0 bridgehead atoms.